The van der Waals surface area contributed by atoms with Crippen molar-refractivity contribution in [3.8, 4) is 0 Å². The van der Waals surface area contributed by atoms with Gasteiger partial charge >= 0.3 is 0 Å². The highest BCUT2D eigenvalue weighted by molar-refractivity contribution is 6.60. The first-order valence-corrected chi connectivity index (χ1v) is 16.7. The standard InChI is InChI=1S/C9H19N.C8H17N.C3H7.C2H5.2Al/c1-5-7-10(8-6-2)9(3)4;1-4-7-9(6-3)8-5-2;1-3-2;1-2;;/h9H,1-2,5-8H2,3-4H3;1-2,4-8H2,3H3;3H,1-2H3;1H2,2H3;;. The second kappa shape index (κ2) is 14.9. The smallest absolute Gasteiger partial charge is 0.264 e. The summed E-state index contributed by atoms with van der Waals surface area (Å²) in [7, 11) is 0. The summed E-state index contributed by atoms with van der Waals surface area (Å²) in [4.78, 5) is 5.27. The van der Waals surface area contributed by atoms with E-state index in [2.05, 4.69) is 51.3 Å². The van der Waals surface area contributed by atoms with Crippen LogP contribution < -0.4 is 0 Å². The molecule has 0 spiro atoms. The minimum Gasteiger partial charge on any atom is -0.304 e. The van der Waals surface area contributed by atoms with Crippen molar-refractivity contribution in [2.24, 2.45) is 0 Å². The Morgan fingerprint density at radius 3 is 1.62 bits per heavy atom. The molecule has 0 aromatic rings. The highest BCUT2D eigenvalue weighted by Crippen LogP contribution is 2.22. The van der Waals surface area contributed by atoms with E-state index in [1.807, 2.05) is 0 Å². The first-order valence-electron chi connectivity index (χ1n) is 11.9. The third-order valence-electron chi connectivity index (χ3n) is 6.91. The molecule has 4 heteroatoms. The number of hydrogen-bond donors (Lipinski definition) is 0. The SMILES string of the molecule is CC(C)N1CC[CH2][Al]([CH](C)C)[CH2]CC1.CCN1CC[CH2][Al]([CH2]C)[CH2]CC1. The second-order valence-corrected chi connectivity index (χ2v) is 17.1. The van der Waals surface area contributed by atoms with E-state index in [4.69, 9.17) is 0 Å². The zero-order valence-corrected chi connectivity index (χ0v) is 21.4. The lowest BCUT2D eigenvalue weighted by molar-refractivity contribution is 0.219. The summed E-state index contributed by atoms with van der Waals surface area (Å²) in [6, 6.07) is 0.757. The van der Waals surface area contributed by atoms with Crippen LogP contribution in [0, 0.1) is 0 Å². The van der Waals surface area contributed by atoms with Crippen LogP contribution in [-0.4, -0.2) is 76.9 Å². The Kier molecular flexibility index (Phi) is 14.3. The van der Waals surface area contributed by atoms with E-state index in [-0.39, 0.29) is 28.3 Å². The monoisotopic (exact) mass is 394 g/mol. The summed E-state index contributed by atoms with van der Waals surface area (Å²) >= 11 is -0.603. The van der Waals surface area contributed by atoms with Crippen LogP contribution in [0.25, 0.3) is 0 Å². The molecule has 2 fully saturated rings. The maximum Gasteiger partial charge on any atom is 0.264 e. The topological polar surface area (TPSA) is 6.48 Å². The highest BCUT2D eigenvalue weighted by atomic mass is 27.2. The molecule has 152 valence electrons. The Hall–Kier alpha value is 0.985. The average molecular weight is 395 g/mol. The third-order valence-corrected chi connectivity index (χ3v) is 14.7. The summed E-state index contributed by atoms with van der Waals surface area (Å²) in [5.74, 6) is 0. The largest absolute Gasteiger partial charge is 0.304 e. The van der Waals surface area contributed by atoms with Crippen LogP contribution in [-0.2, 0) is 0 Å². The Bertz CT molecular complexity index is 288. The maximum absolute atomic E-state index is 2.66. The van der Waals surface area contributed by atoms with Gasteiger partial charge in [0.05, 0.1) is 0 Å². The van der Waals surface area contributed by atoms with Crippen molar-refractivity contribution in [1.82, 2.24) is 9.80 Å². The zero-order valence-electron chi connectivity index (χ0n) is 19.1. The molecule has 0 saturated carbocycles. The van der Waals surface area contributed by atoms with Gasteiger partial charge in [-0.25, -0.2) is 0 Å². The van der Waals surface area contributed by atoms with Crippen LogP contribution in [0.5, 0.6) is 0 Å². The molecule has 0 bridgehead atoms. The molecule has 2 nitrogen and oxygen atoms in total. The van der Waals surface area contributed by atoms with Gasteiger partial charge in [0, 0.05) is 6.04 Å². The Labute approximate surface area is 174 Å². The maximum atomic E-state index is 2.66. The van der Waals surface area contributed by atoms with Crippen molar-refractivity contribution in [2.75, 3.05) is 32.7 Å². The van der Waals surface area contributed by atoms with Gasteiger partial charge in [0.25, 0.3) is 28.3 Å². The highest BCUT2D eigenvalue weighted by Gasteiger charge is 2.23. The Morgan fingerprint density at radius 2 is 1.23 bits per heavy atom. The van der Waals surface area contributed by atoms with Gasteiger partial charge < -0.3 is 9.80 Å². The molecule has 0 amide bonds. The van der Waals surface area contributed by atoms with Crippen molar-refractivity contribution < 1.29 is 0 Å². The van der Waals surface area contributed by atoms with Crippen LogP contribution in [0.1, 0.15) is 67.2 Å². The molecular weight excluding hydrogens is 346 g/mol. The summed E-state index contributed by atoms with van der Waals surface area (Å²) in [6.07, 6.45) is 5.90. The van der Waals surface area contributed by atoms with Gasteiger partial charge in [-0.15, -0.1) is 0 Å². The second-order valence-electron chi connectivity index (χ2n) is 9.41. The molecular formula is C22H48Al2N2. The molecule has 2 aliphatic heterocycles. The van der Waals surface area contributed by atoms with Gasteiger partial charge in [-0.1, -0.05) is 84.6 Å². The summed E-state index contributed by atoms with van der Waals surface area (Å²) in [5.41, 5.74) is 0. The summed E-state index contributed by atoms with van der Waals surface area (Å²) < 4.78 is 1.03. The Balaban J connectivity index is 0.000000263. The number of rotatable bonds is 4. The van der Waals surface area contributed by atoms with Gasteiger partial charge in [-0.05, 0) is 46.6 Å². The van der Waals surface area contributed by atoms with Crippen molar-refractivity contribution in [2.45, 2.75) is 104 Å². The molecule has 2 aliphatic rings. The van der Waals surface area contributed by atoms with Crippen LogP contribution in [0.15, 0.2) is 0 Å². The van der Waals surface area contributed by atoms with E-state index >= 15 is 0 Å². The molecule has 2 heterocycles. The molecule has 0 radical (unpaired) electrons. The molecule has 0 N–H and O–H groups in total. The fraction of sp³-hybridized carbons (Fsp3) is 1.00. The third kappa shape index (κ3) is 10.5. The molecule has 0 aliphatic carbocycles. The lowest BCUT2D eigenvalue weighted by Gasteiger charge is -2.30. The summed E-state index contributed by atoms with van der Waals surface area (Å²) in [6.45, 7) is 21.0. The fourth-order valence-electron chi connectivity index (χ4n) is 4.74. The van der Waals surface area contributed by atoms with Crippen LogP contribution in [0.3, 0.4) is 0 Å². The van der Waals surface area contributed by atoms with Crippen LogP contribution in [0.4, 0.5) is 0 Å². The summed E-state index contributed by atoms with van der Waals surface area (Å²) in [5, 5.41) is 7.91. The van der Waals surface area contributed by atoms with Crippen molar-refractivity contribution in [3.63, 3.8) is 0 Å². The molecule has 26 heavy (non-hydrogen) atoms. The number of nitrogens with zero attached hydrogens (tertiary/aromatic N) is 2. The molecule has 0 atom stereocenters. The Morgan fingerprint density at radius 1 is 0.731 bits per heavy atom. The van der Waals surface area contributed by atoms with E-state index in [0.29, 0.717) is 0 Å². The minimum absolute atomic E-state index is 0.244. The molecule has 0 unspecified atom stereocenters. The van der Waals surface area contributed by atoms with E-state index < -0.39 is 0 Å². The molecule has 2 saturated heterocycles. The molecule has 0 aromatic heterocycles. The van der Waals surface area contributed by atoms with Gasteiger partial charge in [-0.3, -0.25) is 0 Å². The lowest BCUT2D eigenvalue weighted by Crippen LogP contribution is -2.36. The van der Waals surface area contributed by atoms with Gasteiger partial charge in [-0.2, -0.15) is 0 Å². The number of hydrogen-bond acceptors (Lipinski definition) is 2. The van der Waals surface area contributed by atoms with E-state index in [9.17, 15) is 0 Å². The fourth-order valence-corrected chi connectivity index (χ4v) is 10.4. The van der Waals surface area contributed by atoms with Gasteiger partial charge in [0.15, 0.2) is 0 Å². The van der Waals surface area contributed by atoms with Crippen molar-refractivity contribution >= 4 is 28.3 Å². The lowest BCUT2D eigenvalue weighted by atomic mass is 10.2. The quantitative estimate of drug-likeness (QED) is 0.539. The molecule has 2 rings (SSSR count). The van der Waals surface area contributed by atoms with Crippen LogP contribution >= 0.6 is 0 Å². The van der Waals surface area contributed by atoms with Crippen LogP contribution in [0.2, 0.25) is 31.2 Å². The first-order chi connectivity index (χ1) is 12.5. The van der Waals surface area contributed by atoms with E-state index in [1.54, 1.807) is 21.1 Å². The normalized spacial score (nSPS) is 21.7. The predicted molar refractivity (Wildman–Crippen MR) is 124 cm³/mol. The van der Waals surface area contributed by atoms with Gasteiger partial charge in [0.1, 0.15) is 0 Å². The minimum atomic E-state index is -0.359. The van der Waals surface area contributed by atoms with E-state index in [1.165, 1.54) is 63.7 Å². The zero-order chi connectivity index (χ0) is 19.4. The van der Waals surface area contributed by atoms with Gasteiger partial charge in [0.2, 0.25) is 0 Å². The molecule has 0 aromatic carbocycles. The van der Waals surface area contributed by atoms with Crippen molar-refractivity contribution in [3.05, 3.63) is 0 Å². The first kappa shape index (κ1) is 25.0. The average Bonchev–Trinajstić information content (AvgIpc) is 2.54. The van der Waals surface area contributed by atoms with Crippen molar-refractivity contribution in [1.29, 1.82) is 0 Å². The predicted octanol–water partition coefficient (Wildman–Crippen LogP) is 6.01. The van der Waals surface area contributed by atoms with E-state index in [0.717, 1.165) is 10.8 Å².